The van der Waals surface area contributed by atoms with Gasteiger partial charge in [0.2, 0.25) is 0 Å². The summed E-state index contributed by atoms with van der Waals surface area (Å²) >= 11 is 3.17. The number of carbonyl (C=O) groups is 1. The molecule has 1 fully saturated rings. The average molecular weight is 148 g/mol. The predicted octanol–water partition coefficient (Wildman–Crippen LogP) is 1.73. The van der Waals surface area contributed by atoms with Crippen LogP contribution in [0.3, 0.4) is 0 Å². The van der Waals surface area contributed by atoms with E-state index in [0.717, 1.165) is 0 Å². The van der Waals surface area contributed by atoms with Crippen LogP contribution >= 0.6 is 23.5 Å². The summed E-state index contributed by atoms with van der Waals surface area (Å²) in [5, 5.41) is 0.319. The first kappa shape index (κ1) is 6.49. The van der Waals surface area contributed by atoms with E-state index < -0.39 is 0 Å². The van der Waals surface area contributed by atoms with Crippen LogP contribution in [0.15, 0.2) is 0 Å². The molecule has 8 heavy (non-hydrogen) atoms. The average Bonchev–Trinajstić information content (AvgIpc) is 1.82. The fraction of sp³-hybridized carbons (Fsp3) is 0.800. The molecule has 0 aliphatic carbocycles. The van der Waals surface area contributed by atoms with Crippen LogP contribution in [0.1, 0.15) is 13.8 Å². The summed E-state index contributed by atoms with van der Waals surface area (Å²) in [6.07, 6.45) is 0. The van der Waals surface area contributed by atoms with Gasteiger partial charge in [-0.1, -0.05) is 11.8 Å². The third kappa shape index (κ3) is 1.42. The van der Waals surface area contributed by atoms with Crippen LogP contribution in [0.25, 0.3) is 0 Å². The first-order chi connectivity index (χ1) is 3.60. The zero-order valence-corrected chi connectivity index (χ0v) is 6.56. The Kier molecular flexibility index (Phi) is 1.59. The Labute approximate surface area is 57.6 Å². The quantitative estimate of drug-likeness (QED) is 0.521. The molecule has 46 valence electrons. The van der Waals surface area contributed by atoms with E-state index in [-0.39, 0.29) is 4.08 Å². The van der Waals surface area contributed by atoms with Gasteiger partial charge in [-0.3, -0.25) is 4.79 Å². The lowest BCUT2D eigenvalue weighted by molar-refractivity contribution is -0.108. The summed E-state index contributed by atoms with van der Waals surface area (Å²) in [5.74, 6) is 0.692. The molecule has 0 aromatic carbocycles. The molecule has 3 heteroatoms. The highest BCUT2D eigenvalue weighted by Gasteiger charge is 2.30. The number of thioether (sulfide) groups is 2. The first-order valence-electron chi connectivity index (χ1n) is 2.46. The lowest BCUT2D eigenvalue weighted by Gasteiger charge is -2.10. The topological polar surface area (TPSA) is 17.1 Å². The maximum atomic E-state index is 10.6. The molecule has 1 nitrogen and oxygen atoms in total. The monoisotopic (exact) mass is 148 g/mol. The van der Waals surface area contributed by atoms with Gasteiger partial charge in [0.15, 0.2) is 5.12 Å². The fourth-order valence-electron chi connectivity index (χ4n) is 0.566. The molecule has 0 N–H and O–H groups in total. The molecular weight excluding hydrogens is 140 g/mol. The third-order valence-corrected chi connectivity index (χ3v) is 3.65. The first-order valence-corrected chi connectivity index (χ1v) is 4.26. The van der Waals surface area contributed by atoms with Gasteiger partial charge in [-0.25, -0.2) is 0 Å². The van der Waals surface area contributed by atoms with Crippen molar-refractivity contribution in [3.63, 3.8) is 0 Å². The normalized spacial score (nSPS) is 26.5. The Hall–Kier alpha value is 0.370. The second-order valence-corrected chi connectivity index (χ2v) is 5.70. The van der Waals surface area contributed by atoms with Crippen molar-refractivity contribution in [1.82, 2.24) is 0 Å². The lowest BCUT2D eigenvalue weighted by Crippen LogP contribution is -2.01. The molecule has 0 aromatic heterocycles. The Morgan fingerprint density at radius 3 is 2.38 bits per heavy atom. The minimum Gasteiger partial charge on any atom is -0.286 e. The van der Waals surface area contributed by atoms with Gasteiger partial charge in [-0.2, -0.15) is 0 Å². The number of hydrogen-bond donors (Lipinski definition) is 0. The van der Waals surface area contributed by atoms with Gasteiger partial charge < -0.3 is 0 Å². The van der Waals surface area contributed by atoms with Crippen LogP contribution in [0, 0.1) is 0 Å². The summed E-state index contributed by atoms with van der Waals surface area (Å²) in [7, 11) is 0. The second kappa shape index (κ2) is 1.95. The molecule has 0 radical (unpaired) electrons. The van der Waals surface area contributed by atoms with Crippen molar-refractivity contribution in [1.29, 1.82) is 0 Å². The van der Waals surface area contributed by atoms with Crippen molar-refractivity contribution in [3.05, 3.63) is 0 Å². The number of rotatable bonds is 0. The van der Waals surface area contributed by atoms with Gasteiger partial charge in [0, 0.05) is 0 Å². The summed E-state index contributed by atoms with van der Waals surface area (Å²) in [6, 6.07) is 0. The van der Waals surface area contributed by atoms with Gasteiger partial charge in [0.05, 0.1) is 9.83 Å². The molecule has 1 aliphatic heterocycles. The number of carbonyl (C=O) groups excluding carboxylic acids is 1. The number of hydrogen-bond acceptors (Lipinski definition) is 3. The molecule has 0 unspecified atom stereocenters. The molecule has 0 bridgehead atoms. The predicted molar refractivity (Wildman–Crippen MR) is 39.1 cm³/mol. The van der Waals surface area contributed by atoms with Crippen LogP contribution in [0.5, 0.6) is 0 Å². The molecule has 0 spiro atoms. The van der Waals surface area contributed by atoms with E-state index in [4.69, 9.17) is 0 Å². The van der Waals surface area contributed by atoms with Crippen molar-refractivity contribution in [2.45, 2.75) is 17.9 Å². The standard InChI is InChI=1S/C5H8OS2/c1-5(2)7-3-4(6)8-5/h3H2,1-2H3. The van der Waals surface area contributed by atoms with E-state index in [0.29, 0.717) is 10.9 Å². The summed E-state index contributed by atoms with van der Waals surface area (Å²) < 4.78 is 0.150. The maximum Gasteiger partial charge on any atom is 0.200 e. The molecule has 0 aromatic rings. The van der Waals surface area contributed by atoms with Crippen molar-refractivity contribution >= 4 is 28.6 Å². The highest BCUT2D eigenvalue weighted by Crippen LogP contribution is 2.43. The summed E-state index contributed by atoms with van der Waals surface area (Å²) in [5.41, 5.74) is 0. The van der Waals surface area contributed by atoms with E-state index in [2.05, 4.69) is 13.8 Å². The van der Waals surface area contributed by atoms with Crippen molar-refractivity contribution in [2.75, 3.05) is 5.75 Å². The highest BCUT2D eigenvalue weighted by atomic mass is 32.2. The largest absolute Gasteiger partial charge is 0.286 e. The molecular formula is C5H8OS2. The Bertz CT molecular complexity index is 120. The van der Waals surface area contributed by atoms with Crippen LogP contribution in [0.2, 0.25) is 0 Å². The van der Waals surface area contributed by atoms with Crippen LogP contribution in [-0.2, 0) is 4.79 Å². The Morgan fingerprint density at radius 2 is 2.25 bits per heavy atom. The van der Waals surface area contributed by atoms with Gasteiger partial charge in [0.25, 0.3) is 0 Å². The van der Waals surface area contributed by atoms with Gasteiger partial charge in [-0.15, -0.1) is 11.8 Å². The SMILES string of the molecule is CC1(C)SCC(=O)S1. The third-order valence-electron chi connectivity index (χ3n) is 0.897. The van der Waals surface area contributed by atoms with Gasteiger partial charge in [0.1, 0.15) is 0 Å². The Balaban J connectivity index is 2.56. The fourth-order valence-corrected chi connectivity index (χ4v) is 2.68. The van der Waals surface area contributed by atoms with Crippen LogP contribution in [0.4, 0.5) is 0 Å². The minimum atomic E-state index is 0.150. The molecule has 0 atom stereocenters. The lowest BCUT2D eigenvalue weighted by atomic mass is 10.5. The molecule has 1 heterocycles. The molecule has 0 amide bonds. The van der Waals surface area contributed by atoms with Crippen LogP contribution < -0.4 is 0 Å². The van der Waals surface area contributed by atoms with E-state index in [1.807, 2.05) is 0 Å². The zero-order chi connectivity index (χ0) is 6.20. The molecule has 1 aliphatic rings. The maximum absolute atomic E-state index is 10.6. The summed E-state index contributed by atoms with van der Waals surface area (Å²) in [4.78, 5) is 10.6. The summed E-state index contributed by atoms with van der Waals surface area (Å²) in [6.45, 7) is 4.15. The van der Waals surface area contributed by atoms with Gasteiger partial charge in [-0.05, 0) is 13.8 Å². The molecule has 1 rings (SSSR count). The minimum absolute atomic E-state index is 0.150. The highest BCUT2D eigenvalue weighted by molar-refractivity contribution is 8.30. The smallest absolute Gasteiger partial charge is 0.200 e. The Morgan fingerprint density at radius 1 is 1.62 bits per heavy atom. The van der Waals surface area contributed by atoms with Crippen LogP contribution in [-0.4, -0.2) is 14.9 Å². The second-order valence-electron chi connectivity index (χ2n) is 2.16. The van der Waals surface area contributed by atoms with E-state index in [1.54, 1.807) is 11.8 Å². The van der Waals surface area contributed by atoms with E-state index in [9.17, 15) is 4.79 Å². The van der Waals surface area contributed by atoms with Crippen molar-refractivity contribution in [3.8, 4) is 0 Å². The zero-order valence-electron chi connectivity index (χ0n) is 4.93. The van der Waals surface area contributed by atoms with Crippen molar-refractivity contribution in [2.24, 2.45) is 0 Å². The molecule has 1 saturated heterocycles. The van der Waals surface area contributed by atoms with E-state index >= 15 is 0 Å². The van der Waals surface area contributed by atoms with Crippen molar-refractivity contribution < 1.29 is 4.79 Å². The van der Waals surface area contributed by atoms with Gasteiger partial charge >= 0.3 is 0 Å². The van der Waals surface area contributed by atoms with E-state index in [1.165, 1.54) is 11.8 Å². The molecule has 0 saturated carbocycles.